The molecule has 0 aliphatic rings. The number of nitrogens with two attached hydrogens (primary N) is 1. The van der Waals surface area contributed by atoms with Gasteiger partial charge in [-0.25, -0.2) is 4.98 Å². The molecule has 0 bridgehead atoms. The maximum absolute atomic E-state index is 6.17. The summed E-state index contributed by atoms with van der Waals surface area (Å²) in [4.78, 5) is 5.82. The molecule has 0 unspecified atom stereocenters. The zero-order chi connectivity index (χ0) is 14.5. The smallest absolute Gasteiger partial charge is 0.104 e. The molecular weight excluding hydrogens is 312 g/mol. The Morgan fingerprint density at radius 3 is 2.90 bits per heavy atom. The van der Waals surface area contributed by atoms with E-state index in [1.54, 1.807) is 17.4 Å². The maximum atomic E-state index is 6.17. The highest BCUT2D eigenvalue weighted by atomic mass is 35.5. The van der Waals surface area contributed by atoms with E-state index in [1.807, 2.05) is 24.6 Å². The van der Waals surface area contributed by atoms with Gasteiger partial charge in [-0.3, -0.25) is 0 Å². The Labute approximate surface area is 132 Å². The van der Waals surface area contributed by atoms with Crippen LogP contribution in [-0.4, -0.2) is 16.6 Å². The van der Waals surface area contributed by atoms with Gasteiger partial charge in [0.25, 0.3) is 0 Å². The summed E-state index contributed by atoms with van der Waals surface area (Å²) in [5.41, 5.74) is 10.2. The van der Waals surface area contributed by atoms with Crippen molar-refractivity contribution in [3.8, 4) is 0 Å². The van der Waals surface area contributed by atoms with E-state index in [0.717, 1.165) is 23.2 Å². The van der Waals surface area contributed by atoms with Gasteiger partial charge in [0.1, 0.15) is 4.99 Å². The minimum atomic E-state index is 0.347. The Bertz CT molecular complexity index is 613. The van der Waals surface area contributed by atoms with Crippen LogP contribution in [0.1, 0.15) is 21.7 Å². The summed E-state index contributed by atoms with van der Waals surface area (Å²) in [6, 6.07) is 5.53. The predicted molar refractivity (Wildman–Crippen MR) is 87.6 cm³/mol. The molecule has 0 fully saturated rings. The van der Waals surface area contributed by atoms with E-state index in [1.165, 1.54) is 4.88 Å². The van der Waals surface area contributed by atoms with Crippen LogP contribution in [0.25, 0.3) is 0 Å². The highest BCUT2D eigenvalue weighted by Crippen LogP contribution is 2.19. The number of thiocarbonyl (C=S) groups is 1. The molecule has 0 saturated carbocycles. The molecule has 6 heteroatoms. The van der Waals surface area contributed by atoms with E-state index in [0.29, 0.717) is 23.2 Å². The summed E-state index contributed by atoms with van der Waals surface area (Å²) >= 11 is 12.7. The van der Waals surface area contributed by atoms with Crippen LogP contribution in [0.2, 0.25) is 5.02 Å². The van der Waals surface area contributed by atoms with E-state index >= 15 is 0 Å². The number of halogens is 1. The molecule has 1 heterocycles. The van der Waals surface area contributed by atoms with Crippen molar-refractivity contribution in [3.63, 3.8) is 0 Å². The van der Waals surface area contributed by atoms with Gasteiger partial charge in [0, 0.05) is 21.9 Å². The predicted octanol–water partition coefficient (Wildman–Crippen LogP) is 3.50. The molecule has 106 valence electrons. The number of nitrogens with zero attached hydrogens (tertiary/aromatic N) is 1. The van der Waals surface area contributed by atoms with E-state index in [2.05, 4.69) is 4.98 Å². The molecule has 0 spiro atoms. The highest BCUT2D eigenvalue weighted by Gasteiger charge is 2.05. The number of aryl methyl sites for hydroxylation is 1. The standard InChI is InChI=1S/C14H15ClN2OS2/c1-9-13(20-8-17-9)4-5-18-7-11-3-2-10(14(16)19)6-12(11)15/h2-3,6,8H,4-5,7H2,1H3,(H2,16,19). The fourth-order valence-electron chi connectivity index (χ4n) is 1.73. The summed E-state index contributed by atoms with van der Waals surface area (Å²) in [6.07, 6.45) is 0.874. The molecule has 2 N–H and O–H groups in total. The third-order valence-corrected chi connectivity index (χ3v) is 4.50. The van der Waals surface area contributed by atoms with Crippen molar-refractivity contribution in [1.29, 1.82) is 0 Å². The normalized spacial score (nSPS) is 10.7. The summed E-state index contributed by atoms with van der Waals surface area (Å²) < 4.78 is 5.66. The lowest BCUT2D eigenvalue weighted by atomic mass is 10.1. The number of hydrogen-bond acceptors (Lipinski definition) is 4. The molecule has 2 rings (SSSR count). The second-order valence-electron chi connectivity index (χ2n) is 4.33. The molecule has 1 aromatic carbocycles. The van der Waals surface area contributed by atoms with Crippen LogP contribution < -0.4 is 5.73 Å². The van der Waals surface area contributed by atoms with Gasteiger partial charge < -0.3 is 10.5 Å². The number of rotatable bonds is 6. The summed E-state index contributed by atoms with van der Waals surface area (Å²) in [5, 5.41) is 0.629. The summed E-state index contributed by atoms with van der Waals surface area (Å²) in [5.74, 6) is 0. The third-order valence-electron chi connectivity index (χ3n) is 2.91. The molecule has 0 saturated heterocycles. The lowest BCUT2D eigenvalue weighted by Gasteiger charge is -2.07. The second-order valence-corrected chi connectivity index (χ2v) is 6.12. The largest absolute Gasteiger partial charge is 0.389 e. The van der Waals surface area contributed by atoms with Crippen molar-refractivity contribution in [1.82, 2.24) is 4.98 Å². The first-order valence-corrected chi connectivity index (χ1v) is 7.79. The lowest BCUT2D eigenvalue weighted by Crippen LogP contribution is -2.09. The SMILES string of the molecule is Cc1ncsc1CCOCc1ccc(C(N)=S)cc1Cl. The van der Waals surface area contributed by atoms with Crippen LogP contribution in [-0.2, 0) is 17.8 Å². The quantitative estimate of drug-likeness (QED) is 0.652. The molecule has 20 heavy (non-hydrogen) atoms. The van der Waals surface area contributed by atoms with Gasteiger partial charge in [-0.1, -0.05) is 36.0 Å². The third kappa shape index (κ3) is 3.99. The first-order chi connectivity index (χ1) is 9.58. The van der Waals surface area contributed by atoms with Gasteiger partial charge in [-0.2, -0.15) is 0 Å². The fraction of sp³-hybridized carbons (Fsp3) is 0.286. The minimum Gasteiger partial charge on any atom is -0.389 e. The van der Waals surface area contributed by atoms with Crippen molar-refractivity contribution in [2.75, 3.05) is 6.61 Å². The van der Waals surface area contributed by atoms with E-state index in [9.17, 15) is 0 Å². The van der Waals surface area contributed by atoms with Crippen LogP contribution in [0.3, 0.4) is 0 Å². The topological polar surface area (TPSA) is 48.1 Å². The molecule has 1 aromatic heterocycles. The number of hydrogen-bond donors (Lipinski definition) is 1. The first-order valence-electron chi connectivity index (χ1n) is 6.13. The molecule has 3 nitrogen and oxygen atoms in total. The Hall–Kier alpha value is -1.01. The average Bonchev–Trinajstić information content (AvgIpc) is 2.81. The Balaban J connectivity index is 1.85. The molecular formula is C14H15ClN2OS2. The monoisotopic (exact) mass is 326 g/mol. The Morgan fingerprint density at radius 2 is 2.30 bits per heavy atom. The Morgan fingerprint density at radius 1 is 1.50 bits per heavy atom. The highest BCUT2D eigenvalue weighted by molar-refractivity contribution is 7.80. The molecule has 0 aliphatic heterocycles. The van der Waals surface area contributed by atoms with Crippen LogP contribution in [0.4, 0.5) is 0 Å². The van der Waals surface area contributed by atoms with Gasteiger partial charge in [-0.15, -0.1) is 11.3 Å². The number of benzene rings is 1. The van der Waals surface area contributed by atoms with Gasteiger partial charge >= 0.3 is 0 Å². The van der Waals surface area contributed by atoms with Gasteiger partial charge in [0.2, 0.25) is 0 Å². The first kappa shape index (κ1) is 15.4. The van der Waals surface area contributed by atoms with Crippen LogP contribution >= 0.6 is 35.2 Å². The molecule has 0 amide bonds. The molecule has 0 radical (unpaired) electrons. The van der Waals surface area contributed by atoms with Crippen molar-refractivity contribution < 1.29 is 4.74 Å². The molecule has 0 atom stereocenters. The number of thiazole rings is 1. The Kier molecular flexibility index (Phi) is 5.48. The van der Waals surface area contributed by atoms with E-state index in [-0.39, 0.29) is 0 Å². The molecule has 0 aliphatic carbocycles. The van der Waals surface area contributed by atoms with Crippen LogP contribution in [0.5, 0.6) is 0 Å². The lowest BCUT2D eigenvalue weighted by molar-refractivity contribution is 0.124. The zero-order valence-electron chi connectivity index (χ0n) is 11.1. The van der Waals surface area contributed by atoms with Crippen molar-refractivity contribution >= 4 is 40.1 Å². The van der Waals surface area contributed by atoms with Gasteiger partial charge in [0.05, 0.1) is 24.4 Å². The van der Waals surface area contributed by atoms with E-state index in [4.69, 9.17) is 34.3 Å². The van der Waals surface area contributed by atoms with Gasteiger partial charge in [0.15, 0.2) is 0 Å². The summed E-state index contributed by atoms with van der Waals surface area (Å²) in [7, 11) is 0. The van der Waals surface area contributed by atoms with E-state index < -0.39 is 0 Å². The summed E-state index contributed by atoms with van der Waals surface area (Å²) in [6.45, 7) is 3.14. The van der Waals surface area contributed by atoms with Crippen LogP contribution in [0, 0.1) is 6.92 Å². The zero-order valence-corrected chi connectivity index (χ0v) is 13.4. The minimum absolute atomic E-state index is 0.347. The van der Waals surface area contributed by atoms with Crippen molar-refractivity contribution in [2.45, 2.75) is 20.0 Å². The van der Waals surface area contributed by atoms with Crippen molar-refractivity contribution in [3.05, 3.63) is 50.4 Å². The number of ether oxygens (including phenoxy) is 1. The van der Waals surface area contributed by atoms with Crippen molar-refractivity contribution in [2.24, 2.45) is 5.73 Å². The molecule has 2 aromatic rings. The average molecular weight is 327 g/mol. The number of aromatic nitrogens is 1. The second kappa shape index (κ2) is 7.13. The van der Waals surface area contributed by atoms with Crippen LogP contribution in [0.15, 0.2) is 23.7 Å². The maximum Gasteiger partial charge on any atom is 0.104 e. The fourth-order valence-corrected chi connectivity index (χ4v) is 2.86. The van der Waals surface area contributed by atoms with Gasteiger partial charge in [-0.05, 0) is 18.6 Å².